The molecule has 1 fully saturated rings. The molecule has 3 rings (SSSR count). The highest BCUT2D eigenvalue weighted by Gasteiger charge is 2.33. The number of ether oxygens (including phenoxy) is 1. The second-order valence-electron chi connectivity index (χ2n) is 6.09. The summed E-state index contributed by atoms with van der Waals surface area (Å²) in [6.45, 7) is 2.99. The molecule has 120 valence electrons. The predicted molar refractivity (Wildman–Crippen MR) is 92.3 cm³/mol. The Labute approximate surface area is 137 Å². The lowest BCUT2D eigenvalue weighted by Gasteiger charge is -2.43. The predicted octanol–water partition coefficient (Wildman–Crippen LogP) is 4.21. The zero-order valence-electron chi connectivity index (χ0n) is 13.5. The maximum absolute atomic E-state index is 11.2. The number of anilines is 1. The molecule has 3 heteroatoms. The quantitative estimate of drug-likeness (QED) is 0.792. The summed E-state index contributed by atoms with van der Waals surface area (Å²) < 4.78 is 5.35. The number of piperidine rings is 1. The number of hydrogen-bond donors (Lipinski definition) is 0. The van der Waals surface area contributed by atoms with Crippen LogP contribution in [0, 0.1) is 5.92 Å². The van der Waals surface area contributed by atoms with Gasteiger partial charge in [0.2, 0.25) is 0 Å². The van der Waals surface area contributed by atoms with Crippen molar-refractivity contribution in [1.29, 1.82) is 0 Å². The van der Waals surface area contributed by atoms with Gasteiger partial charge >= 0.3 is 5.97 Å². The molecule has 0 aromatic heterocycles. The van der Waals surface area contributed by atoms with Crippen LogP contribution >= 0.6 is 0 Å². The number of benzene rings is 2. The van der Waals surface area contributed by atoms with Crippen LogP contribution in [0.3, 0.4) is 0 Å². The van der Waals surface area contributed by atoms with Gasteiger partial charge in [-0.1, -0.05) is 48.5 Å². The highest BCUT2D eigenvalue weighted by atomic mass is 16.5. The van der Waals surface area contributed by atoms with Crippen molar-refractivity contribution in [3.05, 3.63) is 66.2 Å². The number of carbonyl (C=O) groups excluding carboxylic acids is 1. The van der Waals surface area contributed by atoms with Crippen LogP contribution in [-0.2, 0) is 9.53 Å². The summed E-state index contributed by atoms with van der Waals surface area (Å²) in [5.41, 5.74) is 2.52. The molecule has 1 aliphatic heterocycles. The van der Waals surface area contributed by atoms with Gasteiger partial charge in [-0.2, -0.15) is 0 Å². The number of rotatable bonds is 4. The van der Waals surface area contributed by atoms with E-state index in [1.807, 2.05) is 12.1 Å². The van der Waals surface area contributed by atoms with Crippen molar-refractivity contribution in [1.82, 2.24) is 0 Å². The third-order valence-corrected chi connectivity index (χ3v) is 4.49. The van der Waals surface area contributed by atoms with Crippen molar-refractivity contribution in [3.63, 3.8) is 0 Å². The van der Waals surface area contributed by atoms with Crippen molar-refractivity contribution < 1.29 is 9.53 Å². The molecule has 0 N–H and O–H groups in total. The average molecular weight is 309 g/mol. The molecule has 0 amide bonds. The van der Waals surface area contributed by atoms with Gasteiger partial charge in [-0.3, -0.25) is 4.79 Å². The minimum Gasteiger partial charge on any atom is -0.465 e. The van der Waals surface area contributed by atoms with Gasteiger partial charge in [0.05, 0.1) is 12.6 Å². The summed E-state index contributed by atoms with van der Waals surface area (Å²) in [6.07, 6.45) is 2.19. The molecule has 1 aliphatic rings. The Morgan fingerprint density at radius 1 is 1.09 bits per heavy atom. The van der Waals surface area contributed by atoms with Gasteiger partial charge in [-0.25, -0.2) is 0 Å². The molecule has 2 aromatic rings. The lowest BCUT2D eigenvalue weighted by Crippen LogP contribution is -2.41. The highest BCUT2D eigenvalue weighted by molar-refractivity contribution is 5.65. The maximum Gasteiger partial charge on any atom is 0.302 e. The lowest BCUT2D eigenvalue weighted by atomic mass is 9.84. The van der Waals surface area contributed by atoms with E-state index in [1.165, 1.54) is 18.2 Å². The number of esters is 1. The van der Waals surface area contributed by atoms with E-state index < -0.39 is 0 Å². The molecular formula is C20H23NO2. The molecule has 1 saturated heterocycles. The van der Waals surface area contributed by atoms with Crippen LogP contribution in [0.5, 0.6) is 0 Å². The summed E-state index contributed by atoms with van der Waals surface area (Å²) in [6, 6.07) is 21.3. The van der Waals surface area contributed by atoms with E-state index in [4.69, 9.17) is 4.74 Å². The number of para-hydroxylation sites is 1. The maximum atomic E-state index is 11.2. The summed E-state index contributed by atoms with van der Waals surface area (Å²) in [4.78, 5) is 13.7. The minimum atomic E-state index is -0.200. The number of nitrogens with zero attached hydrogens (tertiary/aromatic N) is 1. The molecule has 0 aliphatic carbocycles. The first-order valence-corrected chi connectivity index (χ1v) is 8.25. The second kappa shape index (κ2) is 7.32. The second-order valence-corrected chi connectivity index (χ2v) is 6.09. The van der Waals surface area contributed by atoms with Gasteiger partial charge in [0.15, 0.2) is 0 Å². The smallest absolute Gasteiger partial charge is 0.302 e. The van der Waals surface area contributed by atoms with Crippen molar-refractivity contribution in [2.24, 2.45) is 5.92 Å². The lowest BCUT2D eigenvalue weighted by molar-refractivity contribution is -0.142. The van der Waals surface area contributed by atoms with Gasteiger partial charge in [0.1, 0.15) is 0 Å². The highest BCUT2D eigenvalue weighted by Crippen LogP contribution is 2.39. The standard InChI is InChI=1S/C20H23NO2/c1-16(22)23-15-18-11-8-14-21(19-12-6-3-7-13-19)20(18)17-9-4-2-5-10-17/h2-7,9-10,12-13,18,20H,8,11,14-15H2,1H3/t18-,20-/m1/s1. The van der Waals surface area contributed by atoms with Crippen molar-refractivity contribution >= 4 is 11.7 Å². The first-order chi connectivity index (χ1) is 11.3. The summed E-state index contributed by atoms with van der Waals surface area (Å²) >= 11 is 0. The van der Waals surface area contributed by atoms with Crippen LogP contribution in [0.1, 0.15) is 31.4 Å². The number of hydrogen-bond acceptors (Lipinski definition) is 3. The molecule has 0 saturated carbocycles. The van der Waals surface area contributed by atoms with Crippen molar-refractivity contribution in [2.75, 3.05) is 18.1 Å². The van der Waals surface area contributed by atoms with Crippen LogP contribution in [0.15, 0.2) is 60.7 Å². The van der Waals surface area contributed by atoms with E-state index in [9.17, 15) is 4.79 Å². The van der Waals surface area contributed by atoms with Crippen LogP contribution < -0.4 is 4.90 Å². The normalized spacial score (nSPS) is 21.0. The van der Waals surface area contributed by atoms with Gasteiger partial charge in [-0.05, 0) is 30.5 Å². The Morgan fingerprint density at radius 2 is 1.74 bits per heavy atom. The van der Waals surface area contributed by atoms with E-state index in [-0.39, 0.29) is 12.0 Å². The Hall–Kier alpha value is -2.29. The fourth-order valence-electron chi connectivity index (χ4n) is 3.49. The fraction of sp³-hybridized carbons (Fsp3) is 0.350. The molecule has 0 radical (unpaired) electrons. The van der Waals surface area contributed by atoms with Crippen LogP contribution in [-0.4, -0.2) is 19.1 Å². The summed E-state index contributed by atoms with van der Waals surface area (Å²) in [5.74, 6) is 0.115. The van der Waals surface area contributed by atoms with E-state index in [1.54, 1.807) is 0 Å². The molecule has 0 spiro atoms. The molecule has 2 aromatic carbocycles. The zero-order chi connectivity index (χ0) is 16.1. The van der Waals surface area contributed by atoms with Crippen molar-refractivity contribution in [3.8, 4) is 0 Å². The average Bonchev–Trinajstić information content (AvgIpc) is 2.61. The van der Waals surface area contributed by atoms with E-state index in [2.05, 4.69) is 53.4 Å². The van der Waals surface area contributed by atoms with E-state index in [0.29, 0.717) is 12.5 Å². The topological polar surface area (TPSA) is 29.5 Å². The Bertz CT molecular complexity index is 627. The molecule has 0 bridgehead atoms. The Morgan fingerprint density at radius 3 is 2.39 bits per heavy atom. The third-order valence-electron chi connectivity index (χ3n) is 4.49. The zero-order valence-corrected chi connectivity index (χ0v) is 13.5. The van der Waals surface area contributed by atoms with E-state index in [0.717, 1.165) is 19.4 Å². The fourth-order valence-corrected chi connectivity index (χ4v) is 3.49. The van der Waals surface area contributed by atoms with Gasteiger partial charge in [-0.15, -0.1) is 0 Å². The molecule has 2 atom stereocenters. The van der Waals surface area contributed by atoms with Gasteiger partial charge < -0.3 is 9.64 Å². The summed E-state index contributed by atoms with van der Waals surface area (Å²) in [5, 5.41) is 0. The van der Waals surface area contributed by atoms with Gasteiger partial charge in [0, 0.05) is 25.1 Å². The van der Waals surface area contributed by atoms with Crippen LogP contribution in [0.25, 0.3) is 0 Å². The first kappa shape index (κ1) is 15.6. The Kier molecular flexibility index (Phi) is 4.96. The third kappa shape index (κ3) is 3.73. The largest absolute Gasteiger partial charge is 0.465 e. The molecular weight excluding hydrogens is 286 g/mol. The molecule has 1 heterocycles. The Balaban J connectivity index is 1.92. The van der Waals surface area contributed by atoms with E-state index >= 15 is 0 Å². The van der Waals surface area contributed by atoms with Gasteiger partial charge in [0.25, 0.3) is 0 Å². The monoisotopic (exact) mass is 309 g/mol. The first-order valence-electron chi connectivity index (χ1n) is 8.25. The molecule has 3 nitrogen and oxygen atoms in total. The SMILES string of the molecule is CC(=O)OC[C@H]1CCCN(c2ccccc2)[C@@H]1c1ccccc1. The van der Waals surface area contributed by atoms with Crippen LogP contribution in [0.2, 0.25) is 0 Å². The minimum absolute atomic E-state index is 0.200. The van der Waals surface area contributed by atoms with Crippen molar-refractivity contribution in [2.45, 2.75) is 25.8 Å². The molecule has 23 heavy (non-hydrogen) atoms. The number of carbonyl (C=O) groups is 1. The molecule has 0 unspecified atom stereocenters. The summed E-state index contributed by atoms with van der Waals surface area (Å²) in [7, 11) is 0. The van der Waals surface area contributed by atoms with Crippen LogP contribution in [0.4, 0.5) is 5.69 Å².